The van der Waals surface area contributed by atoms with Gasteiger partial charge in [-0.2, -0.15) is 0 Å². The summed E-state index contributed by atoms with van der Waals surface area (Å²) in [6.07, 6.45) is 0.770. The summed E-state index contributed by atoms with van der Waals surface area (Å²) in [6, 6.07) is 0. The van der Waals surface area contributed by atoms with E-state index in [9.17, 15) is 0 Å². The number of rotatable bonds is 3. The fourth-order valence-corrected chi connectivity index (χ4v) is 1.20. The Morgan fingerprint density at radius 2 is 2.45 bits per heavy atom. The summed E-state index contributed by atoms with van der Waals surface area (Å²) >= 11 is 0. The van der Waals surface area contributed by atoms with E-state index < -0.39 is 0 Å². The van der Waals surface area contributed by atoms with Crippen LogP contribution < -0.4 is 5.32 Å². The first kappa shape index (κ1) is 8.97. The number of ether oxygens (including phenoxy) is 1. The lowest BCUT2D eigenvalue weighted by Gasteiger charge is -2.24. The molecule has 3 nitrogen and oxygen atoms in total. The third-order valence-electron chi connectivity index (χ3n) is 2.04. The van der Waals surface area contributed by atoms with Crippen molar-refractivity contribution >= 4 is 0 Å². The Balaban J connectivity index is 2.23. The molecule has 0 aromatic heterocycles. The van der Waals surface area contributed by atoms with Gasteiger partial charge in [-0.25, -0.2) is 0 Å². The normalized spacial score (nSPS) is 34.1. The average Bonchev–Trinajstić information content (AvgIpc) is 2.33. The minimum atomic E-state index is -0.271. The van der Waals surface area contributed by atoms with Crippen LogP contribution in [0.5, 0.6) is 0 Å². The van der Waals surface area contributed by atoms with Crippen LogP contribution in [0.3, 0.4) is 0 Å². The second-order valence-electron chi connectivity index (χ2n) is 3.59. The molecule has 11 heavy (non-hydrogen) atoms. The van der Waals surface area contributed by atoms with Gasteiger partial charge in [-0.1, -0.05) is 0 Å². The maximum absolute atomic E-state index is 9.02. The van der Waals surface area contributed by atoms with E-state index in [0.717, 1.165) is 19.6 Å². The minimum absolute atomic E-state index is 0.0942. The van der Waals surface area contributed by atoms with Crippen molar-refractivity contribution < 1.29 is 9.84 Å². The van der Waals surface area contributed by atoms with Crippen LogP contribution in [-0.2, 0) is 4.74 Å². The largest absolute Gasteiger partial charge is 0.392 e. The fourth-order valence-electron chi connectivity index (χ4n) is 1.20. The van der Waals surface area contributed by atoms with Gasteiger partial charge in [0.2, 0.25) is 0 Å². The quantitative estimate of drug-likeness (QED) is 0.615. The lowest BCUT2D eigenvalue weighted by molar-refractivity contribution is 0.150. The first-order chi connectivity index (χ1) is 5.12. The van der Waals surface area contributed by atoms with Crippen molar-refractivity contribution in [2.75, 3.05) is 19.8 Å². The van der Waals surface area contributed by atoms with Crippen LogP contribution in [0.1, 0.15) is 20.3 Å². The lowest BCUT2D eigenvalue weighted by Crippen LogP contribution is -2.45. The molecule has 1 heterocycles. The Labute approximate surface area is 67.7 Å². The Morgan fingerprint density at radius 3 is 2.91 bits per heavy atom. The Bertz CT molecular complexity index is 119. The van der Waals surface area contributed by atoms with Gasteiger partial charge in [-0.15, -0.1) is 0 Å². The third-order valence-corrected chi connectivity index (χ3v) is 2.04. The second-order valence-corrected chi connectivity index (χ2v) is 3.59. The highest BCUT2D eigenvalue weighted by atomic mass is 16.5. The van der Waals surface area contributed by atoms with Crippen LogP contribution in [0, 0.1) is 0 Å². The van der Waals surface area contributed by atoms with Gasteiger partial charge in [-0.05, 0) is 20.3 Å². The number of β-amino-alcohol motifs (C(OH)–C–C–N with tert-alkyl or cyclic N) is 1. The van der Waals surface area contributed by atoms with Gasteiger partial charge in [0, 0.05) is 18.7 Å². The molecule has 0 aromatic rings. The first-order valence-corrected chi connectivity index (χ1v) is 4.13. The number of nitrogens with one attached hydrogen (secondary N) is 1. The molecule has 1 fully saturated rings. The molecule has 1 aliphatic heterocycles. The molecular formula is C8H17NO2. The highest BCUT2D eigenvalue weighted by Gasteiger charge is 2.28. The van der Waals surface area contributed by atoms with Crippen molar-refractivity contribution in [2.45, 2.75) is 31.9 Å². The van der Waals surface area contributed by atoms with E-state index >= 15 is 0 Å². The van der Waals surface area contributed by atoms with Crippen LogP contribution in [0.15, 0.2) is 0 Å². The molecule has 0 radical (unpaired) electrons. The highest BCUT2D eigenvalue weighted by molar-refractivity contribution is 4.87. The molecule has 1 rings (SSSR count). The van der Waals surface area contributed by atoms with Crippen molar-refractivity contribution in [1.82, 2.24) is 5.32 Å². The van der Waals surface area contributed by atoms with Gasteiger partial charge in [-0.3, -0.25) is 0 Å². The van der Waals surface area contributed by atoms with E-state index in [0.29, 0.717) is 6.54 Å². The molecule has 2 N–H and O–H groups in total. The molecule has 0 aromatic carbocycles. The summed E-state index contributed by atoms with van der Waals surface area (Å²) < 4.78 is 5.25. The SMILES string of the molecule is C[C@H](O)CNC1(C)CCOC1. The van der Waals surface area contributed by atoms with Crippen LogP contribution in [0.25, 0.3) is 0 Å². The van der Waals surface area contributed by atoms with Crippen molar-refractivity contribution in [3.05, 3.63) is 0 Å². The van der Waals surface area contributed by atoms with Crippen molar-refractivity contribution in [3.8, 4) is 0 Å². The number of hydrogen-bond acceptors (Lipinski definition) is 3. The topological polar surface area (TPSA) is 41.5 Å². The maximum atomic E-state index is 9.02. The molecule has 0 amide bonds. The fraction of sp³-hybridized carbons (Fsp3) is 1.00. The molecule has 2 atom stereocenters. The lowest BCUT2D eigenvalue weighted by atomic mass is 10.0. The molecule has 1 unspecified atom stereocenters. The van der Waals surface area contributed by atoms with Gasteiger partial charge < -0.3 is 15.2 Å². The molecule has 0 aliphatic carbocycles. The van der Waals surface area contributed by atoms with E-state index in [1.54, 1.807) is 6.92 Å². The van der Waals surface area contributed by atoms with Crippen LogP contribution in [0.2, 0.25) is 0 Å². The Morgan fingerprint density at radius 1 is 1.73 bits per heavy atom. The van der Waals surface area contributed by atoms with E-state index in [4.69, 9.17) is 9.84 Å². The van der Waals surface area contributed by atoms with E-state index in [2.05, 4.69) is 12.2 Å². The van der Waals surface area contributed by atoms with Gasteiger partial charge in [0.1, 0.15) is 0 Å². The van der Waals surface area contributed by atoms with Gasteiger partial charge in [0.05, 0.1) is 12.7 Å². The predicted molar refractivity (Wildman–Crippen MR) is 43.5 cm³/mol. The molecule has 0 bridgehead atoms. The predicted octanol–water partition coefficient (Wildman–Crippen LogP) is 0.136. The van der Waals surface area contributed by atoms with Crippen molar-refractivity contribution in [3.63, 3.8) is 0 Å². The van der Waals surface area contributed by atoms with Gasteiger partial charge >= 0.3 is 0 Å². The summed E-state index contributed by atoms with van der Waals surface area (Å²) in [7, 11) is 0. The van der Waals surface area contributed by atoms with Gasteiger partial charge in [0.15, 0.2) is 0 Å². The van der Waals surface area contributed by atoms with Crippen molar-refractivity contribution in [1.29, 1.82) is 0 Å². The summed E-state index contributed by atoms with van der Waals surface area (Å²) in [5, 5.41) is 12.3. The summed E-state index contributed by atoms with van der Waals surface area (Å²) in [4.78, 5) is 0. The summed E-state index contributed by atoms with van der Waals surface area (Å²) in [6.45, 7) is 6.16. The van der Waals surface area contributed by atoms with E-state index in [1.807, 2.05) is 0 Å². The maximum Gasteiger partial charge on any atom is 0.0646 e. The summed E-state index contributed by atoms with van der Waals surface area (Å²) in [5.74, 6) is 0. The minimum Gasteiger partial charge on any atom is -0.392 e. The molecule has 1 aliphatic rings. The smallest absolute Gasteiger partial charge is 0.0646 e. The van der Waals surface area contributed by atoms with Crippen LogP contribution in [-0.4, -0.2) is 36.5 Å². The molecule has 0 spiro atoms. The zero-order chi connectivity index (χ0) is 8.32. The number of hydrogen-bond donors (Lipinski definition) is 2. The molecular weight excluding hydrogens is 142 g/mol. The third kappa shape index (κ3) is 2.77. The number of aliphatic hydroxyl groups excluding tert-OH is 1. The zero-order valence-electron chi connectivity index (χ0n) is 7.26. The van der Waals surface area contributed by atoms with Crippen LogP contribution in [0.4, 0.5) is 0 Å². The van der Waals surface area contributed by atoms with Gasteiger partial charge in [0.25, 0.3) is 0 Å². The average molecular weight is 159 g/mol. The molecule has 0 saturated carbocycles. The van der Waals surface area contributed by atoms with E-state index in [-0.39, 0.29) is 11.6 Å². The molecule has 66 valence electrons. The monoisotopic (exact) mass is 159 g/mol. The first-order valence-electron chi connectivity index (χ1n) is 4.13. The van der Waals surface area contributed by atoms with Crippen molar-refractivity contribution in [2.24, 2.45) is 0 Å². The zero-order valence-corrected chi connectivity index (χ0v) is 7.26. The molecule has 3 heteroatoms. The van der Waals surface area contributed by atoms with Crippen LogP contribution >= 0.6 is 0 Å². The summed E-state index contributed by atoms with van der Waals surface area (Å²) in [5.41, 5.74) is 0.0942. The second kappa shape index (κ2) is 3.52. The highest BCUT2D eigenvalue weighted by Crippen LogP contribution is 2.16. The standard InChI is InChI=1S/C8H17NO2/c1-7(10)5-9-8(2)3-4-11-6-8/h7,9-10H,3-6H2,1-2H3/t7-,8?/m0/s1. The molecule has 1 saturated heterocycles. The number of aliphatic hydroxyl groups is 1. The Hall–Kier alpha value is -0.120. The van der Waals surface area contributed by atoms with E-state index in [1.165, 1.54) is 0 Å². The Kier molecular flexibility index (Phi) is 2.87.